The fourth-order valence-electron chi connectivity index (χ4n) is 1.26. The molecule has 0 aliphatic rings. The average molecular weight is 376 g/mol. The molecule has 0 fully saturated rings. The summed E-state index contributed by atoms with van der Waals surface area (Å²) in [5.74, 6) is -0.448. The second kappa shape index (κ2) is 7.85. The summed E-state index contributed by atoms with van der Waals surface area (Å²) in [7, 11) is 0. The first-order chi connectivity index (χ1) is 7.65. The summed E-state index contributed by atoms with van der Waals surface area (Å²) in [6, 6.07) is -0.400. The van der Waals surface area contributed by atoms with E-state index in [1.54, 1.807) is 13.1 Å². The normalized spacial score (nSPS) is 11.8. The summed E-state index contributed by atoms with van der Waals surface area (Å²) in [5.41, 5.74) is 5.83. The number of carbonyl (C=O) groups is 1. The van der Waals surface area contributed by atoms with Crippen molar-refractivity contribution in [1.29, 1.82) is 0 Å². The van der Waals surface area contributed by atoms with E-state index < -0.39 is 12.0 Å². The van der Waals surface area contributed by atoms with Crippen LogP contribution in [0.3, 0.4) is 0 Å². The summed E-state index contributed by atoms with van der Waals surface area (Å²) in [6.07, 6.45) is 1.55. The van der Waals surface area contributed by atoms with Gasteiger partial charge in [-0.3, -0.25) is 4.68 Å². The summed E-state index contributed by atoms with van der Waals surface area (Å²) in [4.78, 5) is 11.7. The summed E-state index contributed by atoms with van der Waals surface area (Å²) in [5, 5.41) is 13.2. The molecule has 1 unspecified atom stereocenters. The number of ether oxygens (including phenoxy) is 1. The zero-order valence-electron chi connectivity index (χ0n) is 9.30. The van der Waals surface area contributed by atoms with Gasteiger partial charge in [0.25, 0.3) is 0 Å². The first kappa shape index (κ1) is 16.6. The average Bonchev–Trinajstić information content (AvgIpc) is 2.63. The third kappa shape index (κ3) is 3.80. The molecular formula is C9H15ClIN3O3. The van der Waals surface area contributed by atoms with Crippen molar-refractivity contribution in [3.05, 3.63) is 15.5 Å². The van der Waals surface area contributed by atoms with Gasteiger partial charge in [0.1, 0.15) is 0 Å². The Labute approximate surface area is 119 Å². The van der Waals surface area contributed by atoms with Crippen molar-refractivity contribution in [2.45, 2.75) is 13.0 Å². The predicted octanol–water partition coefficient (Wildman–Crippen LogP) is 0.578. The maximum atomic E-state index is 11.7. The van der Waals surface area contributed by atoms with E-state index in [0.717, 1.165) is 0 Å². The Balaban J connectivity index is 0.00000256. The van der Waals surface area contributed by atoms with Gasteiger partial charge in [-0.2, -0.15) is 5.10 Å². The van der Waals surface area contributed by atoms with E-state index in [1.165, 1.54) is 4.68 Å². The number of nitrogens with zero attached hydrogens (tertiary/aromatic N) is 2. The second-order valence-corrected chi connectivity index (χ2v) is 4.24. The highest BCUT2D eigenvalue weighted by atomic mass is 127. The van der Waals surface area contributed by atoms with Gasteiger partial charge < -0.3 is 15.6 Å². The minimum Gasteiger partial charge on any atom is -0.461 e. The largest absolute Gasteiger partial charge is 0.461 e. The highest BCUT2D eigenvalue weighted by Crippen LogP contribution is 2.16. The van der Waals surface area contributed by atoms with Crippen LogP contribution in [0.5, 0.6) is 0 Å². The highest BCUT2D eigenvalue weighted by molar-refractivity contribution is 14.1. The molecule has 0 amide bonds. The van der Waals surface area contributed by atoms with Crippen LogP contribution in [0.4, 0.5) is 0 Å². The lowest BCUT2D eigenvalue weighted by atomic mass is 10.3. The molecule has 0 radical (unpaired) electrons. The van der Waals surface area contributed by atoms with E-state index in [4.69, 9.17) is 15.6 Å². The van der Waals surface area contributed by atoms with Crippen LogP contribution < -0.4 is 5.73 Å². The van der Waals surface area contributed by atoms with Crippen molar-refractivity contribution in [2.75, 3.05) is 19.8 Å². The summed E-state index contributed by atoms with van der Waals surface area (Å²) >= 11 is 2.00. The molecule has 1 atom stereocenters. The molecule has 0 aliphatic heterocycles. The topological polar surface area (TPSA) is 90.4 Å². The van der Waals surface area contributed by atoms with Gasteiger partial charge in [0.2, 0.25) is 0 Å². The van der Waals surface area contributed by atoms with E-state index in [1.807, 2.05) is 22.6 Å². The zero-order chi connectivity index (χ0) is 12.1. The lowest BCUT2D eigenvalue weighted by Gasteiger charge is -2.15. The number of aliphatic hydroxyl groups is 1. The molecule has 1 aromatic rings. The SMILES string of the molecule is CCOC(=O)c1c(I)cnn1C(CN)CO.Cl. The number of aliphatic hydroxyl groups excluding tert-OH is 1. The molecule has 0 aliphatic carbocycles. The van der Waals surface area contributed by atoms with Crippen molar-refractivity contribution < 1.29 is 14.6 Å². The van der Waals surface area contributed by atoms with Crippen LogP contribution in [0.1, 0.15) is 23.5 Å². The van der Waals surface area contributed by atoms with Crippen molar-refractivity contribution in [1.82, 2.24) is 9.78 Å². The molecule has 1 aromatic heterocycles. The molecule has 1 heterocycles. The summed E-state index contributed by atoms with van der Waals surface area (Å²) < 4.78 is 7.02. The number of halogens is 2. The molecule has 17 heavy (non-hydrogen) atoms. The third-order valence-corrected chi connectivity index (χ3v) is 2.84. The summed E-state index contributed by atoms with van der Waals surface area (Å²) in [6.45, 7) is 2.08. The van der Waals surface area contributed by atoms with E-state index in [9.17, 15) is 4.79 Å². The Morgan fingerprint density at radius 3 is 2.88 bits per heavy atom. The number of nitrogens with two attached hydrogens (primary N) is 1. The third-order valence-electron chi connectivity index (χ3n) is 2.05. The Morgan fingerprint density at radius 2 is 2.41 bits per heavy atom. The lowest BCUT2D eigenvalue weighted by Crippen LogP contribution is -2.27. The number of rotatable bonds is 5. The first-order valence-corrected chi connectivity index (χ1v) is 5.94. The maximum Gasteiger partial charge on any atom is 0.357 e. The minimum absolute atomic E-state index is 0. The number of hydrogen-bond acceptors (Lipinski definition) is 5. The van der Waals surface area contributed by atoms with Gasteiger partial charge in [-0.25, -0.2) is 4.79 Å². The number of carbonyl (C=O) groups excluding carboxylic acids is 1. The van der Waals surface area contributed by atoms with Crippen LogP contribution in [0.25, 0.3) is 0 Å². The Kier molecular flexibility index (Phi) is 7.68. The van der Waals surface area contributed by atoms with Crippen molar-refractivity contribution >= 4 is 41.0 Å². The molecule has 0 aromatic carbocycles. The van der Waals surface area contributed by atoms with Gasteiger partial charge in [0, 0.05) is 6.54 Å². The second-order valence-electron chi connectivity index (χ2n) is 3.08. The minimum atomic E-state index is -0.448. The fourth-order valence-corrected chi connectivity index (χ4v) is 1.85. The standard InChI is InChI=1S/C9H14IN3O3.ClH/c1-2-16-9(15)8-7(10)4-12-13(8)6(3-11)5-14;/h4,6,14H,2-3,5,11H2,1H3;1H. The molecule has 98 valence electrons. The van der Waals surface area contributed by atoms with Gasteiger partial charge in [0.05, 0.1) is 29.0 Å². The number of hydrogen-bond donors (Lipinski definition) is 2. The Hall–Kier alpha value is -0.380. The van der Waals surface area contributed by atoms with E-state index in [2.05, 4.69) is 5.10 Å². The van der Waals surface area contributed by atoms with E-state index in [-0.39, 0.29) is 25.6 Å². The van der Waals surface area contributed by atoms with Gasteiger partial charge in [-0.1, -0.05) is 0 Å². The van der Waals surface area contributed by atoms with E-state index in [0.29, 0.717) is 15.9 Å². The predicted molar refractivity (Wildman–Crippen MR) is 73.3 cm³/mol. The molecular weight excluding hydrogens is 360 g/mol. The lowest BCUT2D eigenvalue weighted by molar-refractivity contribution is 0.0504. The van der Waals surface area contributed by atoms with Crippen LogP contribution in [0, 0.1) is 3.57 Å². The van der Waals surface area contributed by atoms with Gasteiger partial charge in [0.15, 0.2) is 5.69 Å². The molecule has 0 saturated carbocycles. The molecule has 3 N–H and O–H groups in total. The molecule has 8 heteroatoms. The maximum absolute atomic E-state index is 11.7. The molecule has 0 bridgehead atoms. The van der Waals surface area contributed by atoms with Crippen molar-refractivity contribution in [3.8, 4) is 0 Å². The molecule has 0 spiro atoms. The monoisotopic (exact) mass is 375 g/mol. The van der Waals surface area contributed by atoms with Crippen LogP contribution >= 0.6 is 35.0 Å². The van der Waals surface area contributed by atoms with Crippen LogP contribution in [0.15, 0.2) is 6.20 Å². The molecule has 1 rings (SSSR count). The molecule has 6 nitrogen and oxygen atoms in total. The van der Waals surface area contributed by atoms with Crippen molar-refractivity contribution in [3.63, 3.8) is 0 Å². The first-order valence-electron chi connectivity index (χ1n) is 4.86. The number of aromatic nitrogens is 2. The van der Waals surface area contributed by atoms with Gasteiger partial charge in [-0.15, -0.1) is 12.4 Å². The zero-order valence-corrected chi connectivity index (χ0v) is 12.3. The molecule has 0 saturated heterocycles. The Morgan fingerprint density at radius 1 is 1.76 bits per heavy atom. The quantitative estimate of drug-likeness (QED) is 0.580. The van der Waals surface area contributed by atoms with Gasteiger partial charge in [-0.05, 0) is 29.5 Å². The van der Waals surface area contributed by atoms with Crippen LogP contribution in [-0.2, 0) is 4.74 Å². The smallest absolute Gasteiger partial charge is 0.357 e. The Bertz CT molecular complexity index is 368. The highest BCUT2D eigenvalue weighted by Gasteiger charge is 2.22. The van der Waals surface area contributed by atoms with Crippen molar-refractivity contribution in [2.24, 2.45) is 5.73 Å². The number of esters is 1. The fraction of sp³-hybridized carbons (Fsp3) is 0.556. The van der Waals surface area contributed by atoms with Crippen LogP contribution in [-0.4, -0.2) is 40.6 Å². The van der Waals surface area contributed by atoms with Crippen LogP contribution in [0.2, 0.25) is 0 Å². The van der Waals surface area contributed by atoms with Gasteiger partial charge >= 0.3 is 5.97 Å². The van der Waals surface area contributed by atoms with E-state index >= 15 is 0 Å².